The molecule has 0 N–H and O–H groups in total. The molecule has 0 radical (unpaired) electrons. The third-order valence-corrected chi connectivity index (χ3v) is 0.985. The number of hydrogen-bond donors (Lipinski definition) is 0. The summed E-state index contributed by atoms with van der Waals surface area (Å²) in [7, 11) is 0. The molecule has 0 saturated carbocycles. The largest absolute Gasteiger partial charge is 0.298 e. The van der Waals surface area contributed by atoms with E-state index in [1.807, 2.05) is 0 Å². The monoisotopic (exact) mass is 118 g/mol. The van der Waals surface area contributed by atoms with Gasteiger partial charge in [0.1, 0.15) is 6.29 Å². The zero-order valence-electron chi connectivity index (χ0n) is 4.15. The van der Waals surface area contributed by atoms with Gasteiger partial charge in [-0.1, -0.05) is 6.08 Å². The summed E-state index contributed by atoms with van der Waals surface area (Å²) in [6.45, 7) is 1.78. The number of hydrogen-bond acceptors (Lipinski definition) is 1. The van der Waals surface area contributed by atoms with Crippen LogP contribution in [0.2, 0.25) is 0 Å². The van der Waals surface area contributed by atoms with Crippen LogP contribution in [0.5, 0.6) is 0 Å². The minimum Gasteiger partial charge on any atom is -0.298 e. The first-order valence-corrected chi connectivity index (χ1v) is 2.55. The van der Waals surface area contributed by atoms with Crippen molar-refractivity contribution in [3.8, 4) is 0 Å². The average Bonchev–Trinajstić information content (AvgIpc) is 1.72. The van der Waals surface area contributed by atoms with Gasteiger partial charge in [0.15, 0.2) is 0 Å². The number of alkyl halides is 1. The summed E-state index contributed by atoms with van der Waals surface area (Å²) >= 11 is 5.27. The van der Waals surface area contributed by atoms with Crippen LogP contribution < -0.4 is 0 Å². The average molecular weight is 119 g/mol. The molecule has 0 saturated heterocycles. The molecule has 0 aromatic rings. The van der Waals surface area contributed by atoms with Crippen molar-refractivity contribution in [2.45, 2.75) is 6.92 Å². The summed E-state index contributed by atoms with van der Waals surface area (Å²) in [5.41, 5.74) is 0.640. The van der Waals surface area contributed by atoms with E-state index in [0.29, 0.717) is 11.5 Å². The van der Waals surface area contributed by atoms with Crippen LogP contribution in [0.4, 0.5) is 0 Å². The zero-order valence-corrected chi connectivity index (χ0v) is 4.90. The number of allylic oxidation sites excluding steroid dienone is 2. The normalized spacial score (nSPS) is 11.4. The molecule has 0 aliphatic carbocycles. The molecule has 0 heterocycles. The standard InChI is InChI=1S/C5H7ClO/c1-2-5(3-6)4-7/h2,4H,3H2,1H3. The highest BCUT2D eigenvalue weighted by Gasteiger charge is 1.84. The summed E-state index contributed by atoms with van der Waals surface area (Å²) in [6.07, 6.45) is 2.45. The molecule has 0 aliphatic rings. The molecular formula is C5H7ClO. The van der Waals surface area contributed by atoms with Gasteiger partial charge in [0.2, 0.25) is 0 Å². The van der Waals surface area contributed by atoms with Crippen molar-refractivity contribution < 1.29 is 4.79 Å². The lowest BCUT2D eigenvalue weighted by Gasteiger charge is -1.82. The van der Waals surface area contributed by atoms with Crippen LogP contribution in [0.15, 0.2) is 11.6 Å². The lowest BCUT2D eigenvalue weighted by atomic mass is 10.3. The molecule has 0 fully saturated rings. The fourth-order valence-corrected chi connectivity index (χ4v) is 0.394. The quantitative estimate of drug-likeness (QED) is 0.304. The van der Waals surface area contributed by atoms with Crippen molar-refractivity contribution in [1.29, 1.82) is 0 Å². The Kier molecular flexibility index (Phi) is 3.71. The zero-order chi connectivity index (χ0) is 5.70. The van der Waals surface area contributed by atoms with E-state index in [-0.39, 0.29) is 0 Å². The molecule has 2 heteroatoms. The first-order valence-electron chi connectivity index (χ1n) is 2.01. The van der Waals surface area contributed by atoms with Crippen LogP contribution in [0, 0.1) is 0 Å². The van der Waals surface area contributed by atoms with Crippen molar-refractivity contribution in [1.82, 2.24) is 0 Å². The second-order valence-electron chi connectivity index (χ2n) is 1.12. The Hall–Kier alpha value is -0.300. The third kappa shape index (κ3) is 2.40. The van der Waals surface area contributed by atoms with Gasteiger partial charge in [0.05, 0.1) is 5.88 Å². The predicted octanol–water partition coefficient (Wildman–Crippen LogP) is 1.37. The van der Waals surface area contributed by atoms with Crippen LogP contribution in [0.3, 0.4) is 0 Å². The summed E-state index contributed by atoms with van der Waals surface area (Å²) < 4.78 is 0. The Bertz CT molecular complexity index is 86.1. The molecule has 0 atom stereocenters. The molecule has 0 bridgehead atoms. The highest BCUT2D eigenvalue weighted by atomic mass is 35.5. The Morgan fingerprint density at radius 3 is 2.43 bits per heavy atom. The number of aldehydes is 1. The summed E-state index contributed by atoms with van der Waals surface area (Å²) in [5, 5.41) is 0. The fraction of sp³-hybridized carbons (Fsp3) is 0.400. The van der Waals surface area contributed by atoms with E-state index >= 15 is 0 Å². The number of carbonyl (C=O) groups is 1. The number of rotatable bonds is 2. The molecule has 7 heavy (non-hydrogen) atoms. The highest BCUT2D eigenvalue weighted by molar-refractivity contribution is 6.21. The Morgan fingerprint density at radius 1 is 1.86 bits per heavy atom. The summed E-state index contributed by atoms with van der Waals surface area (Å²) in [6, 6.07) is 0. The summed E-state index contributed by atoms with van der Waals surface area (Å²) in [5.74, 6) is 0.319. The van der Waals surface area contributed by atoms with Crippen LogP contribution in [0.1, 0.15) is 6.92 Å². The molecular weight excluding hydrogens is 112 g/mol. The van der Waals surface area contributed by atoms with Crippen LogP contribution in [-0.4, -0.2) is 12.2 Å². The molecule has 0 amide bonds. The maximum Gasteiger partial charge on any atom is 0.146 e. The predicted molar refractivity (Wildman–Crippen MR) is 30.5 cm³/mol. The maximum atomic E-state index is 9.81. The molecule has 0 aromatic carbocycles. The van der Waals surface area contributed by atoms with E-state index in [1.54, 1.807) is 13.0 Å². The van der Waals surface area contributed by atoms with E-state index in [9.17, 15) is 4.79 Å². The smallest absolute Gasteiger partial charge is 0.146 e. The Morgan fingerprint density at radius 2 is 2.43 bits per heavy atom. The molecule has 0 spiro atoms. The molecule has 0 aliphatic heterocycles. The van der Waals surface area contributed by atoms with E-state index in [4.69, 9.17) is 11.6 Å². The van der Waals surface area contributed by atoms with Gasteiger partial charge in [-0.05, 0) is 6.92 Å². The summed E-state index contributed by atoms with van der Waals surface area (Å²) in [4.78, 5) is 9.81. The third-order valence-electron chi connectivity index (χ3n) is 0.676. The van der Waals surface area contributed by atoms with Gasteiger partial charge < -0.3 is 0 Å². The van der Waals surface area contributed by atoms with Gasteiger partial charge in [-0.2, -0.15) is 0 Å². The van der Waals surface area contributed by atoms with Crippen molar-refractivity contribution in [3.63, 3.8) is 0 Å². The molecule has 0 rings (SSSR count). The lowest BCUT2D eigenvalue weighted by molar-refractivity contribution is -0.104. The van der Waals surface area contributed by atoms with Crippen LogP contribution in [-0.2, 0) is 4.79 Å². The van der Waals surface area contributed by atoms with Crippen LogP contribution in [0.25, 0.3) is 0 Å². The lowest BCUT2D eigenvalue weighted by Crippen LogP contribution is -1.82. The highest BCUT2D eigenvalue weighted by Crippen LogP contribution is 1.90. The van der Waals surface area contributed by atoms with Crippen molar-refractivity contribution in [3.05, 3.63) is 11.6 Å². The van der Waals surface area contributed by atoms with Gasteiger partial charge in [0.25, 0.3) is 0 Å². The van der Waals surface area contributed by atoms with E-state index in [0.717, 1.165) is 6.29 Å². The minimum atomic E-state index is 0.319. The number of carbonyl (C=O) groups excluding carboxylic acids is 1. The van der Waals surface area contributed by atoms with Crippen molar-refractivity contribution >= 4 is 17.9 Å². The second kappa shape index (κ2) is 3.88. The number of halogens is 1. The second-order valence-corrected chi connectivity index (χ2v) is 1.38. The topological polar surface area (TPSA) is 17.1 Å². The SMILES string of the molecule is CC=C(C=O)CCl. The van der Waals surface area contributed by atoms with Crippen molar-refractivity contribution in [2.75, 3.05) is 5.88 Å². The molecule has 0 unspecified atom stereocenters. The molecule has 1 nitrogen and oxygen atoms in total. The Labute approximate surface area is 48.0 Å². The fourth-order valence-electron chi connectivity index (χ4n) is 0.177. The molecule has 40 valence electrons. The van der Waals surface area contributed by atoms with Gasteiger partial charge in [-0.15, -0.1) is 11.6 Å². The van der Waals surface area contributed by atoms with E-state index < -0.39 is 0 Å². The van der Waals surface area contributed by atoms with E-state index in [1.165, 1.54) is 0 Å². The Balaban J connectivity index is 3.60. The first kappa shape index (κ1) is 6.70. The van der Waals surface area contributed by atoms with Gasteiger partial charge in [-0.3, -0.25) is 4.79 Å². The van der Waals surface area contributed by atoms with Crippen LogP contribution >= 0.6 is 11.6 Å². The van der Waals surface area contributed by atoms with Gasteiger partial charge in [0, 0.05) is 5.57 Å². The van der Waals surface area contributed by atoms with Gasteiger partial charge in [-0.25, -0.2) is 0 Å². The first-order chi connectivity index (χ1) is 3.35. The van der Waals surface area contributed by atoms with Crippen molar-refractivity contribution in [2.24, 2.45) is 0 Å². The van der Waals surface area contributed by atoms with E-state index in [2.05, 4.69) is 0 Å². The molecule has 0 aromatic heterocycles. The maximum absolute atomic E-state index is 9.81. The minimum absolute atomic E-state index is 0.319. The van der Waals surface area contributed by atoms with Gasteiger partial charge >= 0.3 is 0 Å².